The van der Waals surface area contributed by atoms with Crippen molar-refractivity contribution >= 4 is 11.4 Å². The van der Waals surface area contributed by atoms with Crippen molar-refractivity contribution in [1.82, 2.24) is 4.90 Å². The lowest BCUT2D eigenvalue weighted by Crippen LogP contribution is -2.32. The minimum Gasteiger partial charge on any atom is -0.385 e. The summed E-state index contributed by atoms with van der Waals surface area (Å²) in [5, 5.41) is 14.4. The average molecular weight is 291 g/mol. The molecule has 116 valence electrons. The minimum absolute atomic E-state index is 0.178. The molecule has 5 nitrogen and oxygen atoms in total. The number of nitrogens with one attached hydrogen (secondary N) is 1. The molecule has 0 amide bonds. The molecule has 1 aromatic carbocycles. The Morgan fingerprint density at radius 1 is 1.38 bits per heavy atom. The van der Waals surface area contributed by atoms with Gasteiger partial charge in [0.15, 0.2) is 0 Å². The standard InChI is InChI=1S/C16H25N3O2/c1-3-8-17-16-5-4-15(19(20)21)11-14(16)12-18-9-6-13(2)7-10-18/h4-5,11,13,17H,3,6-10,12H2,1-2H3. The van der Waals surface area contributed by atoms with Crippen molar-refractivity contribution in [3.05, 3.63) is 33.9 Å². The van der Waals surface area contributed by atoms with E-state index in [-0.39, 0.29) is 10.6 Å². The number of anilines is 1. The molecule has 1 saturated heterocycles. The van der Waals surface area contributed by atoms with E-state index in [4.69, 9.17) is 0 Å². The number of non-ortho nitro benzene ring substituents is 1. The zero-order valence-corrected chi connectivity index (χ0v) is 13.0. The van der Waals surface area contributed by atoms with Gasteiger partial charge in [0.2, 0.25) is 0 Å². The SMILES string of the molecule is CCCNc1ccc([N+](=O)[O-])cc1CN1CCC(C)CC1. The summed E-state index contributed by atoms with van der Waals surface area (Å²) in [6, 6.07) is 5.14. The summed E-state index contributed by atoms with van der Waals surface area (Å²) in [7, 11) is 0. The maximum absolute atomic E-state index is 11.0. The quantitative estimate of drug-likeness (QED) is 0.642. The first-order chi connectivity index (χ1) is 10.1. The van der Waals surface area contributed by atoms with Crippen LogP contribution in [-0.4, -0.2) is 29.5 Å². The predicted molar refractivity (Wildman–Crippen MR) is 85.6 cm³/mol. The third kappa shape index (κ3) is 4.43. The summed E-state index contributed by atoms with van der Waals surface area (Å²) in [6.07, 6.45) is 3.47. The highest BCUT2D eigenvalue weighted by molar-refractivity contribution is 5.56. The summed E-state index contributed by atoms with van der Waals surface area (Å²) < 4.78 is 0. The zero-order valence-electron chi connectivity index (χ0n) is 13.0. The van der Waals surface area contributed by atoms with E-state index in [0.29, 0.717) is 0 Å². The number of piperidine rings is 1. The molecular weight excluding hydrogens is 266 g/mol. The van der Waals surface area contributed by atoms with Gasteiger partial charge < -0.3 is 5.32 Å². The molecule has 1 fully saturated rings. The van der Waals surface area contributed by atoms with E-state index >= 15 is 0 Å². The Kier molecular flexibility index (Phi) is 5.56. The molecule has 0 spiro atoms. The molecule has 21 heavy (non-hydrogen) atoms. The average Bonchev–Trinajstić information content (AvgIpc) is 2.48. The number of likely N-dealkylation sites (tertiary alicyclic amines) is 1. The topological polar surface area (TPSA) is 58.4 Å². The molecule has 0 saturated carbocycles. The van der Waals surface area contributed by atoms with Crippen molar-refractivity contribution in [1.29, 1.82) is 0 Å². The summed E-state index contributed by atoms with van der Waals surface area (Å²) in [6.45, 7) is 8.25. The lowest BCUT2D eigenvalue weighted by molar-refractivity contribution is -0.384. The van der Waals surface area contributed by atoms with Gasteiger partial charge in [-0.25, -0.2) is 0 Å². The number of rotatable bonds is 6. The fourth-order valence-corrected chi connectivity index (χ4v) is 2.72. The molecule has 1 aromatic rings. The predicted octanol–water partition coefficient (Wildman–Crippen LogP) is 3.65. The van der Waals surface area contributed by atoms with Crippen molar-refractivity contribution < 1.29 is 4.92 Å². The summed E-state index contributed by atoms with van der Waals surface area (Å²) in [4.78, 5) is 13.1. The van der Waals surface area contributed by atoms with Crippen LogP contribution in [-0.2, 0) is 6.54 Å². The molecule has 1 N–H and O–H groups in total. The second kappa shape index (κ2) is 7.41. The van der Waals surface area contributed by atoms with Crippen LogP contribution >= 0.6 is 0 Å². The van der Waals surface area contributed by atoms with Crippen LogP contribution < -0.4 is 5.32 Å². The van der Waals surface area contributed by atoms with E-state index in [0.717, 1.165) is 49.8 Å². The molecule has 0 unspecified atom stereocenters. The number of nitro groups is 1. The first kappa shape index (κ1) is 15.8. The maximum atomic E-state index is 11.0. The third-order valence-electron chi connectivity index (χ3n) is 4.14. The molecule has 5 heteroatoms. The van der Waals surface area contributed by atoms with Crippen molar-refractivity contribution in [2.24, 2.45) is 5.92 Å². The lowest BCUT2D eigenvalue weighted by Gasteiger charge is -2.30. The van der Waals surface area contributed by atoms with E-state index in [1.807, 2.05) is 6.07 Å². The van der Waals surface area contributed by atoms with Crippen molar-refractivity contribution in [2.45, 2.75) is 39.7 Å². The van der Waals surface area contributed by atoms with Crippen molar-refractivity contribution in [2.75, 3.05) is 25.0 Å². The first-order valence-corrected chi connectivity index (χ1v) is 7.83. The lowest BCUT2D eigenvalue weighted by atomic mass is 9.98. The Hall–Kier alpha value is -1.62. The van der Waals surface area contributed by atoms with Gasteiger partial charge in [-0.05, 0) is 49.9 Å². The van der Waals surface area contributed by atoms with Crippen LogP contribution in [0.3, 0.4) is 0 Å². The Morgan fingerprint density at radius 3 is 2.71 bits per heavy atom. The van der Waals surface area contributed by atoms with Crippen molar-refractivity contribution in [3.8, 4) is 0 Å². The Bertz CT molecular complexity index is 482. The van der Waals surface area contributed by atoms with E-state index in [1.165, 1.54) is 12.8 Å². The Morgan fingerprint density at radius 2 is 2.10 bits per heavy atom. The zero-order chi connectivity index (χ0) is 15.2. The smallest absolute Gasteiger partial charge is 0.269 e. The number of nitrogens with zero attached hydrogens (tertiary/aromatic N) is 2. The first-order valence-electron chi connectivity index (χ1n) is 7.83. The molecule has 0 radical (unpaired) electrons. The van der Waals surface area contributed by atoms with Crippen LogP contribution in [0.15, 0.2) is 18.2 Å². The van der Waals surface area contributed by atoms with Crippen molar-refractivity contribution in [3.63, 3.8) is 0 Å². The van der Waals surface area contributed by atoms with Gasteiger partial charge in [0, 0.05) is 30.9 Å². The highest BCUT2D eigenvalue weighted by Crippen LogP contribution is 2.25. The van der Waals surface area contributed by atoms with E-state index in [1.54, 1.807) is 12.1 Å². The number of nitro benzene ring substituents is 1. The highest BCUT2D eigenvalue weighted by atomic mass is 16.6. The van der Waals surface area contributed by atoms with Gasteiger partial charge in [0.1, 0.15) is 0 Å². The molecule has 0 aliphatic carbocycles. The van der Waals surface area contributed by atoms with Crippen LogP contribution in [0.25, 0.3) is 0 Å². The molecule has 1 heterocycles. The highest BCUT2D eigenvalue weighted by Gasteiger charge is 2.18. The normalized spacial score (nSPS) is 16.9. The molecule has 0 bridgehead atoms. The molecule has 0 atom stereocenters. The largest absolute Gasteiger partial charge is 0.385 e. The van der Waals surface area contributed by atoms with Crippen LogP contribution in [0, 0.1) is 16.0 Å². The van der Waals surface area contributed by atoms with Gasteiger partial charge in [-0.15, -0.1) is 0 Å². The van der Waals surface area contributed by atoms with Gasteiger partial charge in [-0.1, -0.05) is 13.8 Å². The number of hydrogen-bond donors (Lipinski definition) is 1. The molecule has 0 aromatic heterocycles. The monoisotopic (exact) mass is 291 g/mol. The van der Waals surface area contributed by atoms with Crippen LogP contribution in [0.1, 0.15) is 38.7 Å². The second-order valence-electron chi connectivity index (χ2n) is 5.98. The van der Waals surface area contributed by atoms with E-state index < -0.39 is 0 Å². The maximum Gasteiger partial charge on any atom is 0.269 e. The second-order valence-corrected chi connectivity index (χ2v) is 5.98. The van der Waals surface area contributed by atoms with E-state index in [2.05, 4.69) is 24.1 Å². The summed E-state index contributed by atoms with van der Waals surface area (Å²) in [5.41, 5.74) is 2.24. The fourth-order valence-electron chi connectivity index (χ4n) is 2.72. The molecule has 2 rings (SSSR count). The van der Waals surface area contributed by atoms with Gasteiger partial charge in [0.05, 0.1) is 4.92 Å². The summed E-state index contributed by atoms with van der Waals surface area (Å²) >= 11 is 0. The fraction of sp³-hybridized carbons (Fsp3) is 0.625. The Labute approximate surface area is 126 Å². The van der Waals surface area contributed by atoms with E-state index in [9.17, 15) is 10.1 Å². The third-order valence-corrected chi connectivity index (χ3v) is 4.14. The molecule has 1 aliphatic heterocycles. The molecule has 1 aliphatic rings. The molecular formula is C16H25N3O2. The van der Waals surface area contributed by atoms with Gasteiger partial charge in [-0.2, -0.15) is 0 Å². The van der Waals surface area contributed by atoms with Crippen LogP contribution in [0.5, 0.6) is 0 Å². The number of benzene rings is 1. The Balaban J connectivity index is 2.13. The minimum atomic E-state index is -0.314. The number of hydrogen-bond acceptors (Lipinski definition) is 4. The van der Waals surface area contributed by atoms with Gasteiger partial charge in [0.25, 0.3) is 5.69 Å². The van der Waals surface area contributed by atoms with Gasteiger partial charge in [-0.3, -0.25) is 15.0 Å². The van der Waals surface area contributed by atoms with Gasteiger partial charge >= 0.3 is 0 Å². The summed E-state index contributed by atoms with van der Waals surface area (Å²) in [5.74, 6) is 0.795. The van der Waals surface area contributed by atoms with Crippen LogP contribution in [0.2, 0.25) is 0 Å². The van der Waals surface area contributed by atoms with Crippen LogP contribution in [0.4, 0.5) is 11.4 Å².